The summed E-state index contributed by atoms with van der Waals surface area (Å²) in [6, 6.07) is 12.6. The van der Waals surface area contributed by atoms with Gasteiger partial charge in [0.1, 0.15) is 5.82 Å². The van der Waals surface area contributed by atoms with Crippen LogP contribution in [0.2, 0.25) is 0 Å². The molecule has 0 aliphatic heterocycles. The molecule has 0 spiro atoms. The first-order chi connectivity index (χ1) is 10.3. The Morgan fingerprint density at radius 2 is 1.62 bits per heavy atom. The number of benzene rings is 2. The summed E-state index contributed by atoms with van der Waals surface area (Å²) in [5.41, 5.74) is 3.86. The third kappa shape index (κ3) is 2.90. The molecule has 4 heteroatoms. The highest BCUT2D eigenvalue weighted by molar-refractivity contribution is 5.74. The van der Waals surface area contributed by atoms with Gasteiger partial charge < -0.3 is 5.32 Å². The Kier molecular flexibility index (Phi) is 3.88. The first-order valence-electron chi connectivity index (χ1n) is 6.97. The van der Waals surface area contributed by atoms with Crippen molar-refractivity contribution in [3.63, 3.8) is 0 Å². The Hall–Kier alpha value is -2.33. The van der Waals surface area contributed by atoms with Gasteiger partial charge in [0.25, 0.3) is 0 Å². The third-order valence-electron chi connectivity index (χ3n) is 3.44. The van der Waals surface area contributed by atoms with Gasteiger partial charge in [0, 0.05) is 12.4 Å². The summed E-state index contributed by atoms with van der Waals surface area (Å²) in [7, 11) is 0. The molecule has 2 aromatic carbocycles. The standard InChI is InChI=1S/C17H16FN3/c1-2-19-17(12-3-6-14(18)7-4-12)13-5-8-15-16(11-13)21-10-9-20-15/h3-11,17,19H,2H2,1H3. The molecule has 0 fully saturated rings. The van der Waals surface area contributed by atoms with Crippen LogP contribution < -0.4 is 5.32 Å². The van der Waals surface area contributed by atoms with Gasteiger partial charge >= 0.3 is 0 Å². The van der Waals surface area contributed by atoms with E-state index in [1.165, 1.54) is 12.1 Å². The van der Waals surface area contributed by atoms with Gasteiger partial charge in [-0.15, -0.1) is 0 Å². The molecule has 1 N–H and O–H groups in total. The van der Waals surface area contributed by atoms with E-state index in [0.29, 0.717) is 0 Å². The quantitative estimate of drug-likeness (QED) is 0.795. The van der Waals surface area contributed by atoms with Crippen molar-refractivity contribution in [2.45, 2.75) is 13.0 Å². The van der Waals surface area contributed by atoms with Gasteiger partial charge in [0.15, 0.2) is 0 Å². The van der Waals surface area contributed by atoms with Crippen LogP contribution in [-0.4, -0.2) is 16.5 Å². The summed E-state index contributed by atoms with van der Waals surface area (Å²) in [5.74, 6) is -0.224. The molecule has 0 radical (unpaired) electrons. The predicted molar refractivity (Wildman–Crippen MR) is 81.5 cm³/mol. The SMILES string of the molecule is CCNC(c1ccc(F)cc1)c1ccc2nccnc2c1. The number of halogens is 1. The first-order valence-corrected chi connectivity index (χ1v) is 6.97. The molecule has 0 saturated carbocycles. The summed E-state index contributed by atoms with van der Waals surface area (Å²) in [4.78, 5) is 8.62. The van der Waals surface area contributed by atoms with Crippen molar-refractivity contribution in [3.8, 4) is 0 Å². The maximum absolute atomic E-state index is 13.1. The lowest BCUT2D eigenvalue weighted by molar-refractivity contribution is 0.614. The number of fused-ring (bicyclic) bond motifs is 1. The van der Waals surface area contributed by atoms with Gasteiger partial charge in [0.05, 0.1) is 17.1 Å². The van der Waals surface area contributed by atoms with E-state index >= 15 is 0 Å². The maximum atomic E-state index is 13.1. The molecule has 1 aromatic heterocycles. The van der Waals surface area contributed by atoms with Gasteiger partial charge in [0.2, 0.25) is 0 Å². The van der Waals surface area contributed by atoms with Gasteiger partial charge in [-0.25, -0.2) is 4.39 Å². The van der Waals surface area contributed by atoms with Gasteiger partial charge in [-0.05, 0) is 41.9 Å². The van der Waals surface area contributed by atoms with Gasteiger partial charge in [-0.1, -0.05) is 25.1 Å². The van der Waals surface area contributed by atoms with Crippen LogP contribution in [0.1, 0.15) is 24.1 Å². The summed E-state index contributed by atoms with van der Waals surface area (Å²) in [5, 5.41) is 3.43. The lowest BCUT2D eigenvalue weighted by Crippen LogP contribution is -2.22. The monoisotopic (exact) mass is 281 g/mol. The lowest BCUT2D eigenvalue weighted by Gasteiger charge is -2.19. The topological polar surface area (TPSA) is 37.8 Å². The molecule has 21 heavy (non-hydrogen) atoms. The Morgan fingerprint density at radius 3 is 2.33 bits per heavy atom. The molecule has 1 unspecified atom stereocenters. The number of nitrogens with one attached hydrogen (secondary N) is 1. The van der Waals surface area contributed by atoms with E-state index in [0.717, 1.165) is 28.7 Å². The fraction of sp³-hybridized carbons (Fsp3) is 0.176. The molecule has 3 rings (SSSR count). The molecule has 0 aliphatic carbocycles. The smallest absolute Gasteiger partial charge is 0.123 e. The summed E-state index contributed by atoms with van der Waals surface area (Å²) in [6.45, 7) is 2.87. The molecular weight excluding hydrogens is 265 g/mol. The summed E-state index contributed by atoms with van der Waals surface area (Å²) < 4.78 is 13.1. The van der Waals surface area contributed by atoms with E-state index in [1.807, 2.05) is 30.3 Å². The molecular formula is C17H16FN3. The molecule has 1 atom stereocenters. The molecule has 0 saturated heterocycles. The minimum absolute atomic E-state index is 0.0157. The van der Waals surface area contributed by atoms with Gasteiger partial charge in [-0.2, -0.15) is 0 Å². The van der Waals surface area contributed by atoms with E-state index < -0.39 is 0 Å². The second kappa shape index (κ2) is 5.97. The fourth-order valence-electron chi connectivity index (χ4n) is 2.45. The largest absolute Gasteiger partial charge is 0.307 e. The zero-order valence-electron chi connectivity index (χ0n) is 11.8. The van der Waals surface area contributed by atoms with Crippen molar-refractivity contribution in [2.24, 2.45) is 0 Å². The van der Waals surface area contributed by atoms with Crippen LogP contribution in [0.4, 0.5) is 4.39 Å². The third-order valence-corrected chi connectivity index (χ3v) is 3.44. The highest BCUT2D eigenvalue weighted by Crippen LogP contribution is 2.24. The van der Waals surface area contributed by atoms with E-state index in [2.05, 4.69) is 22.2 Å². The Morgan fingerprint density at radius 1 is 0.952 bits per heavy atom. The normalized spacial score (nSPS) is 12.5. The Labute approximate surface area is 122 Å². The van der Waals surface area contributed by atoms with Crippen LogP contribution in [0.5, 0.6) is 0 Å². The predicted octanol–water partition coefficient (Wildman–Crippen LogP) is 3.47. The molecule has 0 aliphatic rings. The zero-order valence-corrected chi connectivity index (χ0v) is 11.8. The van der Waals surface area contributed by atoms with Crippen LogP contribution in [0.3, 0.4) is 0 Å². The fourth-order valence-corrected chi connectivity index (χ4v) is 2.45. The number of aromatic nitrogens is 2. The van der Waals surface area contributed by atoms with Crippen LogP contribution in [0.25, 0.3) is 11.0 Å². The number of hydrogen-bond acceptors (Lipinski definition) is 3. The van der Waals surface area contributed by atoms with E-state index in [1.54, 1.807) is 12.4 Å². The van der Waals surface area contributed by atoms with Crippen molar-refractivity contribution in [2.75, 3.05) is 6.54 Å². The van der Waals surface area contributed by atoms with Crippen molar-refractivity contribution >= 4 is 11.0 Å². The highest BCUT2D eigenvalue weighted by atomic mass is 19.1. The average molecular weight is 281 g/mol. The number of nitrogens with zero attached hydrogens (tertiary/aromatic N) is 2. The molecule has 1 heterocycles. The summed E-state index contributed by atoms with van der Waals surface area (Å²) in [6.07, 6.45) is 3.37. The molecule has 0 amide bonds. The van der Waals surface area contributed by atoms with Crippen LogP contribution in [-0.2, 0) is 0 Å². The van der Waals surface area contributed by atoms with Crippen molar-refractivity contribution in [1.29, 1.82) is 0 Å². The van der Waals surface area contributed by atoms with E-state index in [4.69, 9.17) is 0 Å². The van der Waals surface area contributed by atoms with Crippen LogP contribution in [0.15, 0.2) is 54.9 Å². The van der Waals surface area contributed by atoms with Crippen molar-refractivity contribution in [3.05, 3.63) is 71.8 Å². The van der Waals surface area contributed by atoms with Crippen LogP contribution >= 0.6 is 0 Å². The average Bonchev–Trinajstić information content (AvgIpc) is 2.53. The van der Waals surface area contributed by atoms with Crippen molar-refractivity contribution in [1.82, 2.24) is 15.3 Å². The molecule has 0 bridgehead atoms. The second-order valence-electron chi connectivity index (χ2n) is 4.85. The minimum Gasteiger partial charge on any atom is -0.307 e. The number of rotatable bonds is 4. The Balaban J connectivity index is 2.04. The summed E-state index contributed by atoms with van der Waals surface area (Å²) >= 11 is 0. The van der Waals surface area contributed by atoms with Crippen LogP contribution in [0, 0.1) is 5.82 Å². The molecule has 106 valence electrons. The molecule has 3 aromatic rings. The lowest BCUT2D eigenvalue weighted by atomic mass is 9.98. The number of hydrogen-bond donors (Lipinski definition) is 1. The van der Waals surface area contributed by atoms with Crippen molar-refractivity contribution < 1.29 is 4.39 Å². The maximum Gasteiger partial charge on any atom is 0.123 e. The van der Waals surface area contributed by atoms with E-state index in [9.17, 15) is 4.39 Å². The van der Waals surface area contributed by atoms with E-state index in [-0.39, 0.29) is 11.9 Å². The first kappa shape index (κ1) is 13.6. The van der Waals surface area contributed by atoms with Gasteiger partial charge in [-0.3, -0.25) is 9.97 Å². The minimum atomic E-state index is -0.224. The second-order valence-corrected chi connectivity index (χ2v) is 4.85. The molecule has 3 nitrogen and oxygen atoms in total. The Bertz CT molecular complexity index is 740. The zero-order chi connectivity index (χ0) is 14.7. The highest BCUT2D eigenvalue weighted by Gasteiger charge is 2.13.